The maximum absolute atomic E-state index is 13.0. The standard InChI is InChI=1S/C24H27NO7/c1-12-13(2)22-18(14(3)21(12)32-15(4)26)8-16(11-31-22)24(27)25-17-9-19(28-5)23(30-7)20(10-17)29-6/h8-10H,11H2,1-7H3,(H,25,27). The quantitative estimate of drug-likeness (QED) is 0.535. The van der Waals surface area contributed by atoms with Crippen LogP contribution in [0.15, 0.2) is 17.7 Å². The molecule has 0 aliphatic carbocycles. The topological polar surface area (TPSA) is 92.3 Å². The number of ether oxygens (including phenoxy) is 5. The van der Waals surface area contributed by atoms with Crippen molar-refractivity contribution in [2.45, 2.75) is 27.7 Å². The monoisotopic (exact) mass is 441 g/mol. The van der Waals surface area contributed by atoms with Crippen LogP contribution in [0.25, 0.3) is 6.08 Å². The molecule has 0 fully saturated rings. The molecule has 2 aromatic carbocycles. The maximum Gasteiger partial charge on any atom is 0.308 e. The van der Waals surface area contributed by atoms with Crippen molar-refractivity contribution in [3.8, 4) is 28.7 Å². The molecule has 1 aliphatic rings. The van der Waals surface area contributed by atoms with Gasteiger partial charge in [0, 0.05) is 35.9 Å². The fourth-order valence-corrected chi connectivity index (χ4v) is 3.63. The van der Waals surface area contributed by atoms with Crippen LogP contribution in [0.5, 0.6) is 28.7 Å². The molecule has 1 amide bonds. The molecule has 3 rings (SSSR count). The molecule has 1 heterocycles. The second-order valence-corrected chi connectivity index (χ2v) is 7.37. The average Bonchev–Trinajstić information content (AvgIpc) is 2.79. The molecule has 0 atom stereocenters. The number of methoxy groups -OCH3 is 3. The lowest BCUT2D eigenvalue weighted by molar-refractivity contribution is -0.132. The zero-order valence-corrected chi connectivity index (χ0v) is 19.3. The van der Waals surface area contributed by atoms with Crippen LogP contribution in [0.4, 0.5) is 5.69 Å². The highest BCUT2D eigenvalue weighted by Crippen LogP contribution is 2.42. The zero-order chi connectivity index (χ0) is 23.6. The Labute approximate surface area is 187 Å². The smallest absolute Gasteiger partial charge is 0.308 e. The van der Waals surface area contributed by atoms with E-state index in [-0.39, 0.29) is 12.5 Å². The first-order valence-electron chi connectivity index (χ1n) is 9.98. The first-order valence-corrected chi connectivity index (χ1v) is 9.98. The van der Waals surface area contributed by atoms with E-state index in [4.69, 9.17) is 23.7 Å². The molecule has 0 saturated carbocycles. The van der Waals surface area contributed by atoms with Crippen molar-refractivity contribution in [2.24, 2.45) is 0 Å². The maximum atomic E-state index is 13.0. The number of rotatable bonds is 6. The summed E-state index contributed by atoms with van der Waals surface area (Å²) in [6.45, 7) is 7.08. The number of amides is 1. The van der Waals surface area contributed by atoms with Crippen molar-refractivity contribution in [1.29, 1.82) is 0 Å². The molecule has 8 heteroatoms. The molecule has 0 saturated heterocycles. The molecule has 0 bridgehead atoms. The molecule has 0 unspecified atom stereocenters. The first-order chi connectivity index (χ1) is 15.2. The largest absolute Gasteiger partial charge is 0.493 e. The Morgan fingerprint density at radius 2 is 1.53 bits per heavy atom. The van der Waals surface area contributed by atoms with Crippen LogP contribution < -0.4 is 29.0 Å². The third-order valence-corrected chi connectivity index (χ3v) is 5.38. The molecule has 0 aromatic heterocycles. The minimum Gasteiger partial charge on any atom is -0.493 e. The number of nitrogens with one attached hydrogen (secondary N) is 1. The van der Waals surface area contributed by atoms with Gasteiger partial charge in [-0.25, -0.2) is 0 Å². The molecule has 32 heavy (non-hydrogen) atoms. The number of esters is 1. The first kappa shape index (κ1) is 23.0. The summed E-state index contributed by atoms with van der Waals surface area (Å²) >= 11 is 0. The van der Waals surface area contributed by atoms with E-state index >= 15 is 0 Å². The number of anilines is 1. The third kappa shape index (κ3) is 4.21. The van der Waals surface area contributed by atoms with Gasteiger partial charge in [-0.15, -0.1) is 0 Å². The van der Waals surface area contributed by atoms with Gasteiger partial charge in [0.25, 0.3) is 5.91 Å². The Balaban J connectivity index is 1.97. The number of fused-ring (bicyclic) bond motifs is 1. The van der Waals surface area contributed by atoms with Gasteiger partial charge in [0.2, 0.25) is 5.75 Å². The van der Waals surface area contributed by atoms with Crippen LogP contribution in [0.3, 0.4) is 0 Å². The lowest BCUT2D eigenvalue weighted by atomic mass is 9.94. The predicted molar refractivity (Wildman–Crippen MR) is 120 cm³/mol. The molecule has 170 valence electrons. The van der Waals surface area contributed by atoms with E-state index in [1.54, 1.807) is 18.2 Å². The van der Waals surface area contributed by atoms with E-state index < -0.39 is 5.97 Å². The van der Waals surface area contributed by atoms with Crippen LogP contribution in [-0.4, -0.2) is 39.8 Å². The van der Waals surface area contributed by atoms with Crippen molar-refractivity contribution < 1.29 is 33.3 Å². The molecular formula is C24H27NO7. The third-order valence-electron chi connectivity index (χ3n) is 5.38. The van der Waals surface area contributed by atoms with Crippen molar-refractivity contribution in [3.63, 3.8) is 0 Å². The second kappa shape index (κ2) is 9.21. The lowest BCUT2D eigenvalue weighted by Gasteiger charge is -2.24. The van der Waals surface area contributed by atoms with Gasteiger partial charge in [-0.3, -0.25) is 9.59 Å². The summed E-state index contributed by atoms with van der Waals surface area (Å²) in [4.78, 5) is 24.6. The van der Waals surface area contributed by atoms with Gasteiger partial charge >= 0.3 is 5.97 Å². The molecule has 1 aliphatic heterocycles. The average molecular weight is 441 g/mol. The van der Waals surface area contributed by atoms with E-state index in [1.165, 1.54) is 28.3 Å². The van der Waals surface area contributed by atoms with Crippen molar-refractivity contribution in [3.05, 3.63) is 40.0 Å². The number of carbonyl (C=O) groups is 2. The number of carbonyl (C=O) groups excluding carboxylic acids is 2. The Morgan fingerprint density at radius 1 is 0.906 bits per heavy atom. The summed E-state index contributed by atoms with van der Waals surface area (Å²) in [5.41, 5.74) is 4.04. The van der Waals surface area contributed by atoms with Gasteiger partial charge in [0.15, 0.2) is 11.5 Å². The minimum atomic E-state index is -0.406. The Morgan fingerprint density at radius 3 is 2.06 bits per heavy atom. The Bertz CT molecular complexity index is 1090. The Hall–Kier alpha value is -3.68. The summed E-state index contributed by atoms with van der Waals surface area (Å²) in [7, 11) is 4.52. The summed E-state index contributed by atoms with van der Waals surface area (Å²) in [6, 6.07) is 3.30. The molecule has 1 N–H and O–H groups in total. The van der Waals surface area contributed by atoms with Gasteiger partial charge in [-0.05, 0) is 38.0 Å². The van der Waals surface area contributed by atoms with E-state index in [9.17, 15) is 9.59 Å². The van der Waals surface area contributed by atoms with E-state index in [1.807, 2.05) is 20.8 Å². The van der Waals surface area contributed by atoms with Crippen LogP contribution >= 0.6 is 0 Å². The Kier molecular flexibility index (Phi) is 6.62. The van der Waals surface area contributed by atoms with Gasteiger partial charge in [-0.1, -0.05) is 0 Å². The van der Waals surface area contributed by atoms with Gasteiger partial charge in [-0.2, -0.15) is 0 Å². The minimum absolute atomic E-state index is 0.107. The zero-order valence-electron chi connectivity index (χ0n) is 19.3. The number of hydrogen-bond acceptors (Lipinski definition) is 7. The lowest BCUT2D eigenvalue weighted by Crippen LogP contribution is -2.22. The van der Waals surface area contributed by atoms with E-state index in [0.717, 1.165) is 16.7 Å². The highest BCUT2D eigenvalue weighted by Gasteiger charge is 2.25. The van der Waals surface area contributed by atoms with Crippen LogP contribution in [0, 0.1) is 20.8 Å². The fraction of sp³-hybridized carbons (Fsp3) is 0.333. The molecule has 8 nitrogen and oxygen atoms in total. The van der Waals surface area contributed by atoms with Crippen LogP contribution in [-0.2, 0) is 9.59 Å². The van der Waals surface area contributed by atoms with Gasteiger partial charge < -0.3 is 29.0 Å². The van der Waals surface area contributed by atoms with Crippen LogP contribution in [0.1, 0.15) is 29.2 Å². The molecular weight excluding hydrogens is 414 g/mol. The summed E-state index contributed by atoms with van der Waals surface area (Å²) in [5.74, 6) is 1.71. The van der Waals surface area contributed by atoms with Crippen molar-refractivity contribution in [1.82, 2.24) is 0 Å². The predicted octanol–water partition coefficient (Wildman–Crippen LogP) is 3.98. The number of benzene rings is 2. The van der Waals surface area contributed by atoms with Crippen molar-refractivity contribution >= 4 is 23.6 Å². The summed E-state index contributed by atoms with van der Waals surface area (Å²) in [5, 5.41) is 2.85. The summed E-state index contributed by atoms with van der Waals surface area (Å²) < 4.78 is 27.4. The molecule has 0 spiro atoms. The SMILES string of the molecule is COc1cc(NC(=O)C2=Cc3c(C)c(OC(C)=O)c(C)c(C)c3OC2)cc(OC)c1OC. The summed E-state index contributed by atoms with van der Waals surface area (Å²) in [6.07, 6.45) is 1.76. The molecule has 2 aromatic rings. The van der Waals surface area contributed by atoms with E-state index in [0.29, 0.717) is 45.6 Å². The normalized spacial score (nSPS) is 12.2. The van der Waals surface area contributed by atoms with Crippen molar-refractivity contribution in [2.75, 3.05) is 33.3 Å². The highest BCUT2D eigenvalue weighted by atomic mass is 16.5. The van der Waals surface area contributed by atoms with Crippen LogP contribution in [0.2, 0.25) is 0 Å². The highest BCUT2D eigenvalue weighted by molar-refractivity contribution is 6.08. The van der Waals surface area contributed by atoms with E-state index in [2.05, 4.69) is 5.32 Å². The van der Waals surface area contributed by atoms with Gasteiger partial charge in [0.1, 0.15) is 18.1 Å². The molecule has 0 radical (unpaired) electrons. The van der Waals surface area contributed by atoms with Gasteiger partial charge in [0.05, 0.1) is 26.9 Å². The second-order valence-electron chi connectivity index (χ2n) is 7.37. The number of hydrogen-bond donors (Lipinski definition) is 1. The fourth-order valence-electron chi connectivity index (χ4n) is 3.63.